The highest BCUT2D eigenvalue weighted by molar-refractivity contribution is 5.89. The lowest BCUT2D eigenvalue weighted by molar-refractivity contribution is 0.0600. The van der Waals surface area contributed by atoms with E-state index in [0.717, 1.165) is 11.8 Å². The average molecular weight is 300 g/mol. The molecule has 2 aromatic carbocycles. The third kappa shape index (κ3) is 3.63. The van der Waals surface area contributed by atoms with Gasteiger partial charge in [0, 0.05) is 5.56 Å². The van der Waals surface area contributed by atoms with Crippen LogP contribution in [-0.4, -0.2) is 26.5 Å². The molecule has 0 atom stereocenters. The summed E-state index contributed by atoms with van der Waals surface area (Å²) in [6, 6.07) is 11.9. The summed E-state index contributed by atoms with van der Waals surface area (Å²) in [7, 11) is 2.86. The molecule has 0 spiro atoms. The monoisotopic (exact) mass is 300 g/mol. The van der Waals surface area contributed by atoms with Gasteiger partial charge in [0.05, 0.1) is 19.8 Å². The van der Waals surface area contributed by atoms with Gasteiger partial charge in [0.2, 0.25) is 0 Å². The van der Waals surface area contributed by atoms with Gasteiger partial charge in [-0.15, -0.1) is 0 Å². The van der Waals surface area contributed by atoms with E-state index in [0.29, 0.717) is 29.2 Å². The Bertz CT molecular complexity index is 661. The summed E-state index contributed by atoms with van der Waals surface area (Å²) >= 11 is 0. The number of ether oxygens (including phenoxy) is 3. The molecule has 22 heavy (non-hydrogen) atoms. The van der Waals surface area contributed by atoms with E-state index in [9.17, 15) is 9.59 Å². The first kappa shape index (κ1) is 15.6. The third-order valence-corrected chi connectivity index (χ3v) is 3.09. The van der Waals surface area contributed by atoms with E-state index in [4.69, 9.17) is 9.47 Å². The number of carbonyl (C=O) groups is 2. The van der Waals surface area contributed by atoms with Crippen LogP contribution in [0.15, 0.2) is 42.5 Å². The molecule has 0 fully saturated rings. The molecule has 0 aliphatic rings. The first-order chi connectivity index (χ1) is 10.7. The first-order valence-electron chi connectivity index (χ1n) is 6.61. The molecule has 0 aliphatic heterocycles. The highest BCUT2D eigenvalue weighted by Gasteiger charge is 2.07. The molecule has 0 heterocycles. The van der Waals surface area contributed by atoms with Crippen molar-refractivity contribution in [3.05, 3.63) is 59.2 Å². The zero-order valence-corrected chi connectivity index (χ0v) is 12.4. The summed E-state index contributed by atoms with van der Waals surface area (Å²) in [5.41, 5.74) is 1.90. The van der Waals surface area contributed by atoms with Crippen LogP contribution in [0.4, 0.5) is 0 Å². The molecule has 0 radical (unpaired) electrons. The second-order valence-electron chi connectivity index (χ2n) is 4.51. The van der Waals surface area contributed by atoms with E-state index in [1.807, 2.05) is 0 Å². The van der Waals surface area contributed by atoms with E-state index in [2.05, 4.69) is 4.74 Å². The fourth-order valence-electron chi connectivity index (χ4n) is 1.89. The second-order valence-corrected chi connectivity index (χ2v) is 4.51. The van der Waals surface area contributed by atoms with Crippen LogP contribution in [0.1, 0.15) is 26.3 Å². The van der Waals surface area contributed by atoms with Crippen molar-refractivity contribution < 1.29 is 23.8 Å². The van der Waals surface area contributed by atoms with Crippen molar-refractivity contribution in [3.63, 3.8) is 0 Å². The maximum Gasteiger partial charge on any atom is 0.337 e. The van der Waals surface area contributed by atoms with E-state index in [1.165, 1.54) is 14.2 Å². The molecule has 0 aliphatic carbocycles. The summed E-state index contributed by atoms with van der Waals surface area (Å²) in [6.07, 6.45) is 0.748. The van der Waals surface area contributed by atoms with Crippen LogP contribution < -0.4 is 9.47 Å². The fourth-order valence-corrected chi connectivity index (χ4v) is 1.89. The Kier molecular flexibility index (Phi) is 5.14. The fraction of sp³-hybridized carbons (Fsp3) is 0.176. The van der Waals surface area contributed by atoms with E-state index < -0.39 is 0 Å². The lowest BCUT2D eigenvalue weighted by atomic mass is 10.1. The zero-order valence-electron chi connectivity index (χ0n) is 12.4. The molecular weight excluding hydrogens is 284 g/mol. The molecular formula is C17H16O5. The average Bonchev–Trinajstić information content (AvgIpc) is 2.59. The van der Waals surface area contributed by atoms with E-state index in [-0.39, 0.29) is 5.97 Å². The van der Waals surface area contributed by atoms with Gasteiger partial charge in [0.15, 0.2) is 11.5 Å². The maximum atomic E-state index is 11.3. The van der Waals surface area contributed by atoms with Gasteiger partial charge in [-0.1, -0.05) is 12.1 Å². The van der Waals surface area contributed by atoms with Crippen LogP contribution in [0.5, 0.6) is 11.5 Å². The van der Waals surface area contributed by atoms with Crippen molar-refractivity contribution in [3.8, 4) is 11.5 Å². The van der Waals surface area contributed by atoms with Crippen LogP contribution >= 0.6 is 0 Å². The number of hydrogen-bond donors (Lipinski definition) is 0. The Morgan fingerprint density at radius 2 is 1.77 bits per heavy atom. The molecule has 0 saturated carbocycles. The third-order valence-electron chi connectivity index (χ3n) is 3.09. The van der Waals surface area contributed by atoms with Gasteiger partial charge in [-0.25, -0.2) is 4.79 Å². The summed E-state index contributed by atoms with van der Waals surface area (Å²) in [4.78, 5) is 22.1. The molecule has 0 amide bonds. The van der Waals surface area contributed by atoms with E-state index in [1.54, 1.807) is 42.5 Å². The lowest BCUT2D eigenvalue weighted by Gasteiger charge is -2.11. The van der Waals surface area contributed by atoms with Gasteiger partial charge in [0.1, 0.15) is 12.9 Å². The number of methoxy groups -OCH3 is 2. The van der Waals surface area contributed by atoms with Crippen LogP contribution in [0.3, 0.4) is 0 Å². The van der Waals surface area contributed by atoms with Gasteiger partial charge in [-0.2, -0.15) is 0 Å². The number of hydrogen-bond acceptors (Lipinski definition) is 5. The molecule has 2 aromatic rings. The van der Waals surface area contributed by atoms with Crippen LogP contribution in [0.2, 0.25) is 0 Å². The minimum atomic E-state index is -0.376. The highest BCUT2D eigenvalue weighted by atomic mass is 16.5. The molecule has 114 valence electrons. The predicted molar refractivity (Wildman–Crippen MR) is 80.5 cm³/mol. The van der Waals surface area contributed by atoms with Crippen molar-refractivity contribution in [2.75, 3.05) is 14.2 Å². The Hall–Kier alpha value is -2.82. The molecule has 5 heteroatoms. The van der Waals surface area contributed by atoms with Crippen molar-refractivity contribution in [1.82, 2.24) is 0 Å². The topological polar surface area (TPSA) is 61.8 Å². The Morgan fingerprint density at radius 3 is 2.36 bits per heavy atom. The molecule has 2 rings (SSSR count). The summed E-state index contributed by atoms with van der Waals surface area (Å²) < 4.78 is 15.5. The number of rotatable bonds is 6. The number of carbonyl (C=O) groups excluding carboxylic acids is 2. The van der Waals surface area contributed by atoms with Gasteiger partial charge in [-0.3, -0.25) is 4.79 Å². The standard InChI is InChI=1S/C17H16O5/c1-20-16-9-13(10-18)5-8-15(16)22-11-12-3-6-14(7-4-12)17(19)21-2/h3-10H,11H2,1-2H3. The molecule has 5 nitrogen and oxygen atoms in total. The molecule has 0 unspecified atom stereocenters. The van der Waals surface area contributed by atoms with E-state index >= 15 is 0 Å². The summed E-state index contributed by atoms with van der Waals surface area (Å²) in [6.45, 7) is 0.318. The van der Waals surface area contributed by atoms with Crippen LogP contribution in [-0.2, 0) is 11.3 Å². The number of benzene rings is 2. The van der Waals surface area contributed by atoms with Crippen molar-refractivity contribution in [2.45, 2.75) is 6.61 Å². The van der Waals surface area contributed by atoms with Crippen molar-refractivity contribution in [1.29, 1.82) is 0 Å². The van der Waals surface area contributed by atoms with Gasteiger partial charge < -0.3 is 14.2 Å². The van der Waals surface area contributed by atoms with Gasteiger partial charge >= 0.3 is 5.97 Å². The smallest absolute Gasteiger partial charge is 0.337 e. The largest absolute Gasteiger partial charge is 0.493 e. The second kappa shape index (κ2) is 7.26. The van der Waals surface area contributed by atoms with Gasteiger partial charge in [0.25, 0.3) is 0 Å². The van der Waals surface area contributed by atoms with Crippen molar-refractivity contribution >= 4 is 12.3 Å². The number of aldehydes is 1. The van der Waals surface area contributed by atoms with Crippen LogP contribution in [0, 0.1) is 0 Å². The predicted octanol–water partition coefficient (Wildman–Crippen LogP) is 2.87. The first-order valence-corrected chi connectivity index (χ1v) is 6.61. The maximum absolute atomic E-state index is 11.3. The zero-order chi connectivity index (χ0) is 15.9. The Balaban J connectivity index is 2.06. The Labute approximate surface area is 128 Å². The minimum absolute atomic E-state index is 0.318. The van der Waals surface area contributed by atoms with Gasteiger partial charge in [-0.05, 0) is 35.9 Å². The normalized spacial score (nSPS) is 9.91. The van der Waals surface area contributed by atoms with Crippen molar-refractivity contribution in [2.24, 2.45) is 0 Å². The lowest BCUT2D eigenvalue weighted by Crippen LogP contribution is -2.02. The summed E-state index contributed by atoms with van der Waals surface area (Å²) in [5.74, 6) is 0.666. The van der Waals surface area contributed by atoms with Crippen LogP contribution in [0.25, 0.3) is 0 Å². The Morgan fingerprint density at radius 1 is 1.05 bits per heavy atom. The molecule has 0 saturated heterocycles. The quantitative estimate of drug-likeness (QED) is 0.606. The molecule has 0 N–H and O–H groups in total. The summed E-state index contributed by atoms with van der Waals surface area (Å²) in [5, 5.41) is 0. The minimum Gasteiger partial charge on any atom is -0.493 e. The molecule has 0 aromatic heterocycles. The highest BCUT2D eigenvalue weighted by Crippen LogP contribution is 2.28. The molecule has 0 bridgehead atoms. The number of esters is 1. The SMILES string of the molecule is COC(=O)c1ccc(COc2ccc(C=O)cc2OC)cc1.